The summed E-state index contributed by atoms with van der Waals surface area (Å²) in [4.78, 5) is 29.2. The maximum Gasteiger partial charge on any atom is 0.410 e. The lowest BCUT2D eigenvalue weighted by atomic mass is 9.95. The zero-order valence-corrected chi connectivity index (χ0v) is 26.5. The van der Waals surface area contributed by atoms with E-state index < -0.39 is 5.60 Å². The lowest BCUT2D eigenvalue weighted by molar-refractivity contribution is 0.0174. The van der Waals surface area contributed by atoms with Gasteiger partial charge in [0.1, 0.15) is 29.6 Å². The molecular formula is C36H42N6O3. The molecule has 1 saturated carbocycles. The predicted octanol–water partition coefficient (Wildman–Crippen LogP) is 8.10. The molecule has 1 aliphatic heterocycles. The molecule has 0 N–H and O–H groups in total. The Kier molecular flexibility index (Phi) is 7.94. The highest BCUT2D eigenvalue weighted by molar-refractivity contribution is 5.97. The molecule has 1 saturated heterocycles. The van der Waals surface area contributed by atoms with E-state index >= 15 is 0 Å². The number of carbonyl (C=O) groups is 1. The fraction of sp³-hybridized carbons (Fsp3) is 0.444. The summed E-state index contributed by atoms with van der Waals surface area (Å²) in [5, 5.41) is 0. The van der Waals surface area contributed by atoms with Crippen LogP contribution < -0.4 is 4.74 Å². The van der Waals surface area contributed by atoms with Crippen molar-refractivity contribution in [3.05, 3.63) is 72.9 Å². The zero-order chi connectivity index (χ0) is 31.0. The molecule has 234 valence electrons. The van der Waals surface area contributed by atoms with Crippen molar-refractivity contribution in [2.24, 2.45) is 0 Å². The van der Waals surface area contributed by atoms with Crippen LogP contribution in [0.2, 0.25) is 0 Å². The van der Waals surface area contributed by atoms with Crippen molar-refractivity contribution < 1.29 is 14.3 Å². The number of amides is 1. The Bertz CT molecular complexity index is 1800. The molecule has 0 radical (unpaired) electrons. The van der Waals surface area contributed by atoms with Crippen molar-refractivity contribution in [1.82, 2.24) is 29.0 Å². The molecule has 0 unspecified atom stereocenters. The molecule has 3 aromatic heterocycles. The van der Waals surface area contributed by atoms with Gasteiger partial charge in [-0.05, 0) is 69.7 Å². The number of likely N-dealkylation sites (tertiary alicyclic amines) is 1. The van der Waals surface area contributed by atoms with Crippen LogP contribution in [0, 0.1) is 0 Å². The molecule has 2 aliphatic rings. The molecule has 45 heavy (non-hydrogen) atoms. The number of aromatic nitrogens is 5. The molecule has 5 aromatic rings. The highest BCUT2D eigenvalue weighted by atomic mass is 16.6. The van der Waals surface area contributed by atoms with Crippen molar-refractivity contribution in [2.75, 3.05) is 13.1 Å². The van der Waals surface area contributed by atoms with Gasteiger partial charge in [0, 0.05) is 30.9 Å². The van der Waals surface area contributed by atoms with Crippen LogP contribution >= 0.6 is 0 Å². The van der Waals surface area contributed by atoms with Crippen LogP contribution in [-0.4, -0.2) is 53.8 Å². The Hall–Kier alpha value is -4.40. The first-order valence-corrected chi connectivity index (χ1v) is 16.3. The summed E-state index contributed by atoms with van der Waals surface area (Å²) in [7, 11) is 0. The van der Waals surface area contributed by atoms with Crippen LogP contribution in [0.3, 0.4) is 0 Å². The van der Waals surface area contributed by atoms with Gasteiger partial charge in [-0.3, -0.25) is 0 Å². The average molecular weight is 607 g/mol. The number of carbonyl (C=O) groups excluding carboxylic acids is 1. The summed E-state index contributed by atoms with van der Waals surface area (Å²) >= 11 is 0. The van der Waals surface area contributed by atoms with Gasteiger partial charge in [0.05, 0.1) is 23.4 Å². The van der Waals surface area contributed by atoms with Crippen LogP contribution in [0.5, 0.6) is 5.88 Å². The normalized spacial score (nSPS) is 18.0. The van der Waals surface area contributed by atoms with E-state index in [9.17, 15) is 4.79 Å². The Morgan fingerprint density at radius 2 is 1.71 bits per heavy atom. The van der Waals surface area contributed by atoms with Crippen LogP contribution in [-0.2, 0) is 11.3 Å². The number of rotatable bonds is 6. The van der Waals surface area contributed by atoms with Gasteiger partial charge < -0.3 is 23.5 Å². The van der Waals surface area contributed by atoms with Crippen LogP contribution in [0.1, 0.15) is 83.4 Å². The van der Waals surface area contributed by atoms with E-state index in [1.54, 1.807) is 6.33 Å². The summed E-state index contributed by atoms with van der Waals surface area (Å²) in [6, 6.07) is 17.2. The molecule has 1 amide bonds. The average Bonchev–Trinajstić information content (AvgIpc) is 3.66. The van der Waals surface area contributed by atoms with Gasteiger partial charge in [-0.1, -0.05) is 55.7 Å². The van der Waals surface area contributed by atoms with Crippen molar-refractivity contribution in [1.29, 1.82) is 0 Å². The smallest absolute Gasteiger partial charge is 0.410 e. The van der Waals surface area contributed by atoms with Gasteiger partial charge in [-0.15, -0.1) is 0 Å². The maximum absolute atomic E-state index is 13.1. The van der Waals surface area contributed by atoms with Gasteiger partial charge in [0.2, 0.25) is 5.88 Å². The topological polar surface area (TPSA) is 87.3 Å². The Balaban J connectivity index is 1.28. The first-order valence-electron chi connectivity index (χ1n) is 16.3. The molecule has 9 heteroatoms. The highest BCUT2D eigenvalue weighted by Crippen LogP contribution is 2.39. The van der Waals surface area contributed by atoms with Gasteiger partial charge >= 0.3 is 6.09 Å². The Morgan fingerprint density at radius 1 is 0.911 bits per heavy atom. The molecule has 2 aromatic carbocycles. The fourth-order valence-electron chi connectivity index (χ4n) is 6.91. The summed E-state index contributed by atoms with van der Waals surface area (Å²) in [5.74, 6) is 0.534. The third-order valence-corrected chi connectivity index (χ3v) is 9.08. The van der Waals surface area contributed by atoms with Crippen molar-refractivity contribution >= 4 is 28.2 Å². The minimum absolute atomic E-state index is 0.0156. The standard InChI is InChI=1S/C36H42N6O3/c1-36(2,3)45-35(43)40-18-10-15-28(20-40)41-21-29(32-33(41)34(38-23-37-32)44-22-25-11-6-4-7-12-25)26-16-17-31-30(19-26)39-24-42(31)27-13-8-5-9-14-27/h4,6-7,11-12,16-17,19,21,23-24,27-28H,5,8-10,13-15,18,20,22H2,1-3H3/t28-/m1/s1. The minimum Gasteiger partial charge on any atom is -0.471 e. The second-order valence-corrected chi connectivity index (χ2v) is 13.5. The number of ether oxygens (including phenoxy) is 2. The Labute approximate surface area is 264 Å². The number of piperidine rings is 1. The molecule has 0 bridgehead atoms. The summed E-state index contributed by atoms with van der Waals surface area (Å²) < 4.78 is 16.7. The van der Waals surface area contributed by atoms with Gasteiger partial charge in [-0.2, -0.15) is 4.98 Å². The third kappa shape index (κ3) is 6.13. The number of imidazole rings is 1. The maximum atomic E-state index is 13.1. The fourth-order valence-corrected chi connectivity index (χ4v) is 6.91. The molecule has 1 aliphatic carbocycles. The third-order valence-electron chi connectivity index (χ3n) is 9.08. The van der Waals surface area contributed by atoms with Crippen LogP contribution in [0.4, 0.5) is 4.79 Å². The summed E-state index contributed by atoms with van der Waals surface area (Å²) in [5.41, 5.74) is 6.40. The number of hydrogen-bond donors (Lipinski definition) is 0. The van der Waals surface area contributed by atoms with E-state index in [2.05, 4.69) is 38.5 Å². The van der Waals surface area contributed by atoms with Crippen molar-refractivity contribution in [3.63, 3.8) is 0 Å². The SMILES string of the molecule is CC(C)(C)OC(=O)N1CCC[C@@H](n2cc(-c3ccc4c(c3)ncn4C3CCCCC3)c3ncnc(OCc4ccccc4)c32)C1. The van der Waals surface area contributed by atoms with E-state index in [0.29, 0.717) is 31.6 Å². The first kappa shape index (κ1) is 29.3. The van der Waals surface area contributed by atoms with Crippen molar-refractivity contribution in [2.45, 2.75) is 90.0 Å². The van der Waals surface area contributed by atoms with E-state index in [-0.39, 0.29) is 12.1 Å². The predicted molar refractivity (Wildman–Crippen MR) is 175 cm³/mol. The van der Waals surface area contributed by atoms with E-state index in [1.807, 2.05) is 62.3 Å². The largest absolute Gasteiger partial charge is 0.471 e. The number of fused-ring (bicyclic) bond motifs is 2. The zero-order valence-electron chi connectivity index (χ0n) is 26.5. The molecule has 0 spiro atoms. The van der Waals surface area contributed by atoms with Gasteiger partial charge in [0.25, 0.3) is 0 Å². The van der Waals surface area contributed by atoms with E-state index in [1.165, 1.54) is 37.6 Å². The quantitative estimate of drug-likeness (QED) is 0.194. The molecule has 2 fully saturated rings. The van der Waals surface area contributed by atoms with Gasteiger partial charge in [0.15, 0.2) is 0 Å². The second-order valence-electron chi connectivity index (χ2n) is 13.5. The minimum atomic E-state index is -0.549. The number of hydrogen-bond acceptors (Lipinski definition) is 6. The first-order chi connectivity index (χ1) is 21.8. The number of benzene rings is 2. The molecule has 7 rings (SSSR count). The lowest BCUT2D eigenvalue weighted by Crippen LogP contribution is -2.43. The lowest BCUT2D eigenvalue weighted by Gasteiger charge is -2.35. The second kappa shape index (κ2) is 12.2. The van der Waals surface area contributed by atoms with Crippen LogP contribution in [0.15, 0.2) is 67.4 Å². The van der Waals surface area contributed by atoms with E-state index in [0.717, 1.165) is 46.1 Å². The molecule has 4 heterocycles. The molecule has 9 nitrogen and oxygen atoms in total. The molecule has 1 atom stereocenters. The number of nitrogens with zero attached hydrogens (tertiary/aromatic N) is 6. The molecular weight excluding hydrogens is 564 g/mol. The Morgan fingerprint density at radius 3 is 2.51 bits per heavy atom. The summed E-state index contributed by atoms with van der Waals surface area (Å²) in [6.45, 7) is 7.32. The van der Waals surface area contributed by atoms with Crippen molar-refractivity contribution in [3.8, 4) is 17.0 Å². The highest BCUT2D eigenvalue weighted by Gasteiger charge is 2.31. The van der Waals surface area contributed by atoms with E-state index in [4.69, 9.17) is 19.4 Å². The van der Waals surface area contributed by atoms with Gasteiger partial charge in [-0.25, -0.2) is 14.8 Å². The monoisotopic (exact) mass is 606 g/mol. The summed E-state index contributed by atoms with van der Waals surface area (Å²) in [6.07, 6.45) is 13.6. The van der Waals surface area contributed by atoms with Crippen LogP contribution in [0.25, 0.3) is 33.2 Å².